The molecule has 1 aromatic heterocycles. The zero-order chi connectivity index (χ0) is 15.0. The predicted octanol–water partition coefficient (Wildman–Crippen LogP) is 0.711. The monoisotopic (exact) mass is 279 g/mol. The van der Waals surface area contributed by atoms with Crippen LogP contribution >= 0.6 is 0 Å². The fourth-order valence-electron chi connectivity index (χ4n) is 1.73. The Morgan fingerprint density at radius 1 is 1.50 bits per heavy atom. The van der Waals surface area contributed by atoms with E-state index in [1.54, 1.807) is 37.2 Å². The first-order valence-corrected chi connectivity index (χ1v) is 6.63. The van der Waals surface area contributed by atoms with Crippen LogP contribution in [0, 0.1) is 0 Å². The minimum absolute atomic E-state index is 0.159. The third-order valence-electron chi connectivity index (χ3n) is 2.69. The lowest BCUT2D eigenvalue weighted by Crippen LogP contribution is -2.42. The summed E-state index contributed by atoms with van der Waals surface area (Å²) in [5, 5.41) is 0. The van der Waals surface area contributed by atoms with Crippen LogP contribution in [-0.4, -0.2) is 41.0 Å². The highest BCUT2D eigenvalue weighted by molar-refractivity contribution is 5.81. The predicted molar refractivity (Wildman–Crippen MR) is 74.6 cm³/mol. The number of esters is 1. The number of amides is 1. The van der Waals surface area contributed by atoms with Gasteiger partial charge in [0.1, 0.15) is 0 Å². The maximum atomic E-state index is 12.0. The molecule has 0 aliphatic rings. The van der Waals surface area contributed by atoms with Gasteiger partial charge in [-0.15, -0.1) is 0 Å². The first kappa shape index (κ1) is 16.1. The van der Waals surface area contributed by atoms with Crippen molar-refractivity contribution in [2.75, 3.05) is 13.2 Å². The van der Waals surface area contributed by atoms with Gasteiger partial charge >= 0.3 is 5.97 Å². The van der Waals surface area contributed by atoms with E-state index in [9.17, 15) is 9.59 Å². The lowest BCUT2D eigenvalue weighted by molar-refractivity contribution is -0.144. The van der Waals surface area contributed by atoms with Crippen LogP contribution in [0.4, 0.5) is 0 Å². The van der Waals surface area contributed by atoms with Crippen molar-refractivity contribution >= 4 is 11.9 Å². The van der Waals surface area contributed by atoms with Gasteiger partial charge in [-0.2, -0.15) is 0 Å². The molecule has 0 spiro atoms. The van der Waals surface area contributed by atoms with Gasteiger partial charge < -0.3 is 15.4 Å². The topological polar surface area (TPSA) is 85.5 Å². The van der Waals surface area contributed by atoms with E-state index in [1.807, 2.05) is 6.07 Å². The Bertz CT molecular complexity index is 435. The van der Waals surface area contributed by atoms with Gasteiger partial charge in [0.25, 0.3) is 0 Å². The Hall–Kier alpha value is -1.95. The van der Waals surface area contributed by atoms with Gasteiger partial charge in [0.2, 0.25) is 5.91 Å². The van der Waals surface area contributed by atoms with Crippen LogP contribution in [0.1, 0.15) is 25.8 Å². The number of rotatable bonds is 7. The molecule has 0 radical (unpaired) electrons. The van der Waals surface area contributed by atoms with Crippen LogP contribution in [0.3, 0.4) is 0 Å². The molecule has 0 aliphatic carbocycles. The molecule has 1 amide bonds. The highest BCUT2D eigenvalue weighted by atomic mass is 16.5. The lowest BCUT2D eigenvalue weighted by atomic mass is 10.2. The SMILES string of the molecule is CCOC(=O)CCN(Cc1cccnc1)C(=O)[C@@H](C)N. The number of aromatic nitrogens is 1. The molecule has 110 valence electrons. The summed E-state index contributed by atoms with van der Waals surface area (Å²) >= 11 is 0. The van der Waals surface area contributed by atoms with Gasteiger partial charge in [-0.25, -0.2) is 0 Å². The summed E-state index contributed by atoms with van der Waals surface area (Å²) in [6.45, 7) is 4.38. The third-order valence-corrected chi connectivity index (χ3v) is 2.69. The zero-order valence-corrected chi connectivity index (χ0v) is 11.9. The molecule has 1 atom stereocenters. The van der Waals surface area contributed by atoms with E-state index in [2.05, 4.69) is 4.98 Å². The van der Waals surface area contributed by atoms with Crippen LogP contribution in [0.2, 0.25) is 0 Å². The second-order valence-electron chi connectivity index (χ2n) is 4.46. The van der Waals surface area contributed by atoms with E-state index in [1.165, 1.54) is 0 Å². The van der Waals surface area contributed by atoms with Crippen LogP contribution in [-0.2, 0) is 20.9 Å². The summed E-state index contributed by atoms with van der Waals surface area (Å²) in [6.07, 6.45) is 3.51. The maximum Gasteiger partial charge on any atom is 0.307 e. The molecule has 0 aliphatic heterocycles. The van der Waals surface area contributed by atoms with Crippen LogP contribution in [0.5, 0.6) is 0 Å². The van der Waals surface area contributed by atoms with Crippen molar-refractivity contribution < 1.29 is 14.3 Å². The van der Waals surface area contributed by atoms with Crippen molar-refractivity contribution in [1.29, 1.82) is 0 Å². The minimum Gasteiger partial charge on any atom is -0.466 e. The van der Waals surface area contributed by atoms with Crippen molar-refractivity contribution in [2.45, 2.75) is 32.9 Å². The van der Waals surface area contributed by atoms with E-state index in [-0.39, 0.29) is 24.8 Å². The third kappa shape index (κ3) is 5.36. The van der Waals surface area contributed by atoms with Crippen LogP contribution < -0.4 is 5.73 Å². The highest BCUT2D eigenvalue weighted by Crippen LogP contribution is 2.06. The van der Waals surface area contributed by atoms with Crippen molar-refractivity contribution in [3.63, 3.8) is 0 Å². The number of nitrogens with zero attached hydrogens (tertiary/aromatic N) is 2. The largest absolute Gasteiger partial charge is 0.466 e. The molecule has 0 unspecified atom stereocenters. The number of ether oxygens (including phenoxy) is 1. The summed E-state index contributed by atoms with van der Waals surface area (Å²) in [5.74, 6) is -0.515. The first-order chi connectivity index (χ1) is 9.54. The Morgan fingerprint density at radius 2 is 2.25 bits per heavy atom. The van der Waals surface area contributed by atoms with Gasteiger partial charge in [-0.3, -0.25) is 14.6 Å². The summed E-state index contributed by atoms with van der Waals surface area (Å²) in [4.78, 5) is 29.0. The molecule has 0 aromatic carbocycles. The van der Waals surface area contributed by atoms with Gasteiger partial charge in [0.15, 0.2) is 0 Å². The van der Waals surface area contributed by atoms with Crippen molar-refractivity contribution in [3.05, 3.63) is 30.1 Å². The summed E-state index contributed by atoms with van der Waals surface area (Å²) in [5.41, 5.74) is 6.53. The maximum absolute atomic E-state index is 12.0. The van der Waals surface area contributed by atoms with Crippen molar-refractivity contribution in [3.8, 4) is 0 Å². The summed E-state index contributed by atoms with van der Waals surface area (Å²) in [6, 6.07) is 3.07. The molecule has 6 nitrogen and oxygen atoms in total. The van der Waals surface area contributed by atoms with Crippen molar-refractivity contribution in [1.82, 2.24) is 9.88 Å². The number of nitrogens with two attached hydrogens (primary N) is 1. The molecule has 1 rings (SSSR count). The van der Waals surface area contributed by atoms with Crippen LogP contribution in [0.25, 0.3) is 0 Å². The van der Waals surface area contributed by atoms with Gasteiger partial charge in [0.05, 0.1) is 19.1 Å². The van der Waals surface area contributed by atoms with Crippen molar-refractivity contribution in [2.24, 2.45) is 5.73 Å². The second kappa shape index (κ2) is 8.27. The zero-order valence-electron chi connectivity index (χ0n) is 11.9. The molecule has 1 aromatic rings. The molecular weight excluding hydrogens is 258 g/mol. The number of hydrogen-bond donors (Lipinski definition) is 1. The summed E-state index contributed by atoms with van der Waals surface area (Å²) < 4.78 is 4.86. The Morgan fingerprint density at radius 3 is 2.80 bits per heavy atom. The standard InChI is InChI=1S/C14H21N3O3/c1-3-20-13(18)6-8-17(14(19)11(2)15)10-12-5-4-7-16-9-12/h4-5,7,9,11H,3,6,8,10,15H2,1-2H3/t11-/m1/s1. The molecule has 20 heavy (non-hydrogen) atoms. The van der Waals surface area contributed by atoms with E-state index in [0.29, 0.717) is 13.2 Å². The van der Waals surface area contributed by atoms with E-state index in [4.69, 9.17) is 10.5 Å². The molecule has 0 saturated carbocycles. The van der Waals surface area contributed by atoms with Gasteiger partial charge in [-0.1, -0.05) is 6.07 Å². The lowest BCUT2D eigenvalue weighted by Gasteiger charge is -2.24. The van der Waals surface area contributed by atoms with E-state index in [0.717, 1.165) is 5.56 Å². The average Bonchev–Trinajstić information content (AvgIpc) is 2.44. The molecule has 6 heteroatoms. The molecule has 0 saturated heterocycles. The number of pyridine rings is 1. The number of carbonyl (C=O) groups is 2. The normalized spacial score (nSPS) is 11.8. The Balaban J connectivity index is 2.66. The molecule has 2 N–H and O–H groups in total. The van der Waals surface area contributed by atoms with Gasteiger partial charge in [0, 0.05) is 25.5 Å². The van der Waals surface area contributed by atoms with E-state index >= 15 is 0 Å². The average molecular weight is 279 g/mol. The first-order valence-electron chi connectivity index (χ1n) is 6.63. The summed E-state index contributed by atoms with van der Waals surface area (Å²) in [7, 11) is 0. The smallest absolute Gasteiger partial charge is 0.307 e. The quantitative estimate of drug-likeness (QED) is 0.743. The molecule has 0 fully saturated rings. The van der Waals surface area contributed by atoms with Crippen LogP contribution in [0.15, 0.2) is 24.5 Å². The number of carbonyl (C=O) groups excluding carboxylic acids is 2. The fraction of sp³-hybridized carbons (Fsp3) is 0.500. The van der Waals surface area contributed by atoms with E-state index < -0.39 is 6.04 Å². The minimum atomic E-state index is -0.603. The molecular formula is C14H21N3O3. The fourth-order valence-corrected chi connectivity index (χ4v) is 1.73. The Kier molecular flexibility index (Phi) is 6.66. The Labute approximate surface area is 118 Å². The second-order valence-corrected chi connectivity index (χ2v) is 4.46. The highest BCUT2D eigenvalue weighted by Gasteiger charge is 2.19. The molecule has 1 heterocycles. The molecule has 0 bridgehead atoms. The van der Waals surface area contributed by atoms with Gasteiger partial charge in [-0.05, 0) is 25.5 Å². The number of hydrogen-bond acceptors (Lipinski definition) is 5.